The molecule has 134 valence electrons. The maximum absolute atomic E-state index is 13.2. The average molecular weight is 369 g/mol. The number of thioether (sulfide) groups is 1. The number of benzene rings is 2. The Hall–Kier alpha value is -2.47. The Morgan fingerprint density at radius 2 is 1.92 bits per heavy atom. The molecule has 1 amide bonds. The van der Waals surface area contributed by atoms with Gasteiger partial charge in [0.1, 0.15) is 10.8 Å². The fourth-order valence-electron chi connectivity index (χ4n) is 2.50. The zero-order valence-corrected chi connectivity index (χ0v) is 15.6. The maximum Gasteiger partial charge on any atom is 0.230 e. The van der Waals surface area contributed by atoms with Gasteiger partial charge in [-0.15, -0.1) is 0 Å². The summed E-state index contributed by atoms with van der Waals surface area (Å²) in [5, 5.41) is 4.54. The van der Waals surface area contributed by atoms with Crippen LogP contribution in [-0.2, 0) is 4.79 Å². The third kappa shape index (κ3) is 4.38. The predicted molar refractivity (Wildman–Crippen MR) is 104 cm³/mol. The Morgan fingerprint density at radius 3 is 2.65 bits per heavy atom. The number of nitrogens with one attached hydrogen (secondary N) is 1. The van der Waals surface area contributed by atoms with Crippen molar-refractivity contribution in [3.05, 3.63) is 53.8 Å². The van der Waals surface area contributed by atoms with Crippen LogP contribution >= 0.6 is 11.8 Å². The van der Waals surface area contributed by atoms with Crippen LogP contribution in [0.25, 0.3) is 22.3 Å². The van der Waals surface area contributed by atoms with E-state index in [1.807, 2.05) is 32.0 Å². The van der Waals surface area contributed by atoms with Gasteiger partial charge in [-0.3, -0.25) is 4.79 Å². The predicted octanol–water partition coefficient (Wildman–Crippen LogP) is 4.36. The minimum absolute atomic E-state index is 0.0143. The number of halogens is 1. The molecule has 1 heterocycles. The van der Waals surface area contributed by atoms with E-state index in [1.54, 1.807) is 12.1 Å². The maximum atomic E-state index is 13.2. The van der Waals surface area contributed by atoms with Gasteiger partial charge in [-0.25, -0.2) is 14.4 Å². The smallest absolute Gasteiger partial charge is 0.230 e. The molecule has 0 saturated carbocycles. The zero-order chi connectivity index (χ0) is 18.5. The first-order chi connectivity index (χ1) is 12.6. The molecule has 3 aromatic rings. The largest absolute Gasteiger partial charge is 0.355 e. The van der Waals surface area contributed by atoms with Crippen LogP contribution in [0.1, 0.15) is 18.9 Å². The number of fused-ring (bicyclic) bond motifs is 1. The van der Waals surface area contributed by atoms with Crippen LogP contribution < -0.4 is 5.32 Å². The molecule has 4 nitrogen and oxygen atoms in total. The number of carbonyl (C=O) groups is 1. The van der Waals surface area contributed by atoms with E-state index < -0.39 is 0 Å². The SMILES string of the molecule is CCCNC(=O)CSc1nc(-c2ccc(F)cc2)nc2ccc(C)cc12. The molecule has 1 N–H and O–H groups in total. The van der Waals surface area contributed by atoms with Crippen molar-refractivity contribution in [1.82, 2.24) is 15.3 Å². The topological polar surface area (TPSA) is 54.9 Å². The van der Waals surface area contributed by atoms with E-state index >= 15 is 0 Å². The monoisotopic (exact) mass is 369 g/mol. The average Bonchev–Trinajstić information content (AvgIpc) is 2.65. The van der Waals surface area contributed by atoms with E-state index in [9.17, 15) is 9.18 Å². The van der Waals surface area contributed by atoms with Crippen molar-refractivity contribution in [3.8, 4) is 11.4 Å². The van der Waals surface area contributed by atoms with E-state index in [4.69, 9.17) is 0 Å². The molecule has 0 aliphatic rings. The first-order valence-corrected chi connectivity index (χ1v) is 9.49. The third-order valence-electron chi connectivity index (χ3n) is 3.83. The number of aryl methyl sites for hydroxylation is 1. The van der Waals surface area contributed by atoms with E-state index in [-0.39, 0.29) is 11.7 Å². The van der Waals surface area contributed by atoms with Crippen molar-refractivity contribution in [2.45, 2.75) is 25.3 Å². The molecular weight excluding hydrogens is 349 g/mol. The molecule has 0 aliphatic heterocycles. The van der Waals surface area contributed by atoms with Gasteiger partial charge in [0, 0.05) is 17.5 Å². The first-order valence-electron chi connectivity index (χ1n) is 8.50. The lowest BCUT2D eigenvalue weighted by Gasteiger charge is -2.10. The second-order valence-electron chi connectivity index (χ2n) is 6.02. The summed E-state index contributed by atoms with van der Waals surface area (Å²) in [6, 6.07) is 12.1. The Balaban J connectivity index is 1.97. The summed E-state index contributed by atoms with van der Waals surface area (Å²) in [5.41, 5.74) is 2.65. The van der Waals surface area contributed by atoms with Gasteiger partial charge in [-0.05, 0) is 49.7 Å². The van der Waals surface area contributed by atoms with Crippen molar-refractivity contribution in [2.75, 3.05) is 12.3 Å². The van der Waals surface area contributed by atoms with Gasteiger partial charge in [-0.1, -0.05) is 30.3 Å². The molecule has 0 radical (unpaired) electrons. The van der Waals surface area contributed by atoms with Gasteiger partial charge >= 0.3 is 0 Å². The third-order valence-corrected chi connectivity index (χ3v) is 4.82. The lowest BCUT2D eigenvalue weighted by atomic mass is 10.1. The second kappa shape index (κ2) is 8.27. The lowest BCUT2D eigenvalue weighted by Crippen LogP contribution is -2.25. The van der Waals surface area contributed by atoms with Crippen LogP contribution in [0.15, 0.2) is 47.5 Å². The highest BCUT2D eigenvalue weighted by Crippen LogP contribution is 2.29. The summed E-state index contributed by atoms with van der Waals surface area (Å²) in [7, 11) is 0. The molecule has 0 aliphatic carbocycles. The van der Waals surface area contributed by atoms with Gasteiger partial charge in [0.25, 0.3) is 0 Å². The fraction of sp³-hybridized carbons (Fsp3) is 0.250. The van der Waals surface area contributed by atoms with Crippen molar-refractivity contribution in [3.63, 3.8) is 0 Å². The Kier molecular flexibility index (Phi) is 5.83. The van der Waals surface area contributed by atoms with Gasteiger partial charge in [0.2, 0.25) is 5.91 Å². The molecule has 26 heavy (non-hydrogen) atoms. The minimum Gasteiger partial charge on any atom is -0.355 e. The number of amides is 1. The molecule has 0 saturated heterocycles. The van der Waals surface area contributed by atoms with Crippen LogP contribution in [0.2, 0.25) is 0 Å². The molecule has 0 spiro atoms. The van der Waals surface area contributed by atoms with Gasteiger partial charge in [0.15, 0.2) is 5.82 Å². The number of hydrogen-bond acceptors (Lipinski definition) is 4. The summed E-state index contributed by atoms with van der Waals surface area (Å²) in [6.45, 7) is 4.70. The fourth-order valence-corrected chi connectivity index (χ4v) is 3.34. The highest BCUT2D eigenvalue weighted by atomic mass is 32.2. The van der Waals surface area contributed by atoms with Crippen molar-refractivity contribution < 1.29 is 9.18 Å². The summed E-state index contributed by atoms with van der Waals surface area (Å²) in [5.74, 6) is 0.507. The van der Waals surface area contributed by atoms with Crippen LogP contribution in [0, 0.1) is 12.7 Å². The Morgan fingerprint density at radius 1 is 1.15 bits per heavy atom. The summed E-state index contributed by atoms with van der Waals surface area (Å²) < 4.78 is 13.2. The molecular formula is C20H20FN3OS. The molecule has 0 atom stereocenters. The second-order valence-corrected chi connectivity index (χ2v) is 6.98. The number of nitrogens with zero attached hydrogens (tertiary/aromatic N) is 2. The van der Waals surface area contributed by atoms with Crippen molar-refractivity contribution >= 4 is 28.6 Å². The van der Waals surface area contributed by atoms with Crippen molar-refractivity contribution in [2.24, 2.45) is 0 Å². The van der Waals surface area contributed by atoms with Gasteiger partial charge in [0.05, 0.1) is 11.3 Å². The Bertz CT molecular complexity index is 928. The summed E-state index contributed by atoms with van der Waals surface area (Å²) >= 11 is 1.39. The summed E-state index contributed by atoms with van der Waals surface area (Å²) in [4.78, 5) is 21.2. The minimum atomic E-state index is -0.299. The lowest BCUT2D eigenvalue weighted by molar-refractivity contribution is -0.118. The summed E-state index contributed by atoms with van der Waals surface area (Å²) in [6.07, 6.45) is 0.904. The quantitative estimate of drug-likeness (QED) is 0.518. The molecule has 3 rings (SSSR count). The number of carbonyl (C=O) groups excluding carboxylic acids is 1. The normalized spacial score (nSPS) is 10.9. The number of rotatable bonds is 6. The molecule has 0 fully saturated rings. The highest BCUT2D eigenvalue weighted by Gasteiger charge is 2.12. The first kappa shape index (κ1) is 18.3. The number of hydrogen-bond donors (Lipinski definition) is 1. The van der Waals surface area contributed by atoms with Gasteiger partial charge < -0.3 is 5.32 Å². The van der Waals surface area contributed by atoms with E-state index in [0.717, 1.165) is 33.5 Å². The van der Waals surface area contributed by atoms with E-state index in [2.05, 4.69) is 15.3 Å². The van der Waals surface area contributed by atoms with Crippen LogP contribution in [-0.4, -0.2) is 28.2 Å². The van der Waals surface area contributed by atoms with Crippen LogP contribution in [0.4, 0.5) is 4.39 Å². The zero-order valence-electron chi connectivity index (χ0n) is 14.8. The van der Waals surface area contributed by atoms with Crippen LogP contribution in [0.3, 0.4) is 0 Å². The molecule has 6 heteroatoms. The van der Waals surface area contributed by atoms with Crippen LogP contribution in [0.5, 0.6) is 0 Å². The molecule has 0 unspecified atom stereocenters. The Labute approximate surface area is 156 Å². The molecule has 0 bridgehead atoms. The highest BCUT2D eigenvalue weighted by molar-refractivity contribution is 8.00. The van der Waals surface area contributed by atoms with E-state index in [0.29, 0.717) is 18.1 Å². The standard InChI is InChI=1S/C20H20FN3OS/c1-3-10-22-18(25)12-26-20-16-11-13(2)4-9-17(16)23-19(24-20)14-5-7-15(21)8-6-14/h4-9,11H,3,10,12H2,1-2H3,(H,22,25). The van der Waals surface area contributed by atoms with E-state index in [1.165, 1.54) is 23.9 Å². The molecule has 2 aromatic carbocycles. The number of aromatic nitrogens is 2. The van der Waals surface area contributed by atoms with Gasteiger partial charge in [-0.2, -0.15) is 0 Å². The molecule has 1 aromatic heterocycles. The van der Waals surface area contributed by atoms with Crippen molar-refractivity contribution in [1.29, 1.82) is 0 Å².